The Labute approximate surface area is 181 Å². The molecule has 2 atom stereocenters. The Morgan fingerprint density at radius 2 is 1.03 bits per heavy atom. The van der Waals surface area contributed by atoms with Crippen LogP contribution < -0.4 is 9.47 Å². The second kappa shape index (κ2) is 7.55. The summed E-state index contributed by atoms with van der Waals surface area (Å²) in [4.78, 5) is 0. The van der Waals surface area contributed by atoms with E-state index in [1.807, 2.05) is 36.4 Å². The Kier molecular flexibility index (Phi) is 4.70. The molecule has 1 aliphatic carbocycles. The molecule has 4 aromatic carbocycles. The molecule has 0 radical (unpaired) electrons. The Balaban J connectivity index is 1.76. The van der Waals surface area contributed by atoms with Crippen molar-refractivity contribution in [2.45, 2.75) is 18.3 Å². The van der Waals surface area contributed by atoms with Gasteiger partial charge in [-0.25, -0.2) is 0 Å². The van der Waals surface area contributed by atoms with Gasteiger partial charge in [0, 0.05) is 23.0 Å². The maximum absolute atomic E-state index is 10.9. The summed E-state index contributed by atoms with van der Waals surface area (Å²) in [5, 5.41) is 23.7. The van der Waals surface area contributed by atoms with Crippen molar-refractivity contribution in [1.82, 2.24) is 0 Å². The highest BCUT2D eigenvalue weighted by Gasteiger charge is 2.34. The lowest BCUT2D eigenvalue weighted by molar-refractivity contribution is 0.414. The number of phenols is 2. The third kappa shape index (κ3) is 3.15. The number of methoxy groups -OCH3 is 2. The van der Waals surface area contributed by atoms with Crippen LogP contribution in [0.5, 0.6) is 23.0 Å². The molecule has 4 nitrogen and oxygen atoms in total. The SMILES string of the molecule is COc1ccc(C2CC(c3ccc(OC)cc3)c3c(O)ccc4ccc(O)c2c34)cc1. The highest BCUT2D eigenvalue weighted by molar-refractivity contribution is 5.95. The van der Waals surface area contributed by atoms with Gasteiger partial charge in [0.25, 0.3) is 0 Å². The van der Waals surface area contributed by atoms with Crippen LogP contribution in [0, 0.1) is 0 Å². The molecular weight excluding hydrogens is 388 g/mol. The molecule has 156 valence electrons. The lowest BCUT2D eigenvalue weighted by Gasteiger charge is -2.34. The van der Waals surface area contributed by atoms with Gasteiger partial charge >= 0.3 is 0 Å². The third-order valence-corrected chi connectivity index (χ3v) is 6.43. The average Bonchev–Trinajstić information content (AvgIpc) is 2.82. The first-order chi connectivity index (χ1) is 15.1. The van der Waals surface area contributed by atoms with Gasteiger partial charge < -0.3 is 19.7 Å². The van der Waals surface area contributed by atoms with Crippen LogP contribution in [0.4, 0.5) is 0 Å². The summed E-state index contributed by atoms with van der Waals surface area (Å²) in [6, 6.07) is 23.4. The van der Waals surface area contributed by atoms with Crippen LogP contribution in [0.2, 0.25) is 0 Å². The van der Waals surface area contributed by atoms with E-state index in [0.29, 0.717) is 0 Å². The molecule has 1 aliphatic rings. The number of ether oxygens (including phenoxy) is 2. The van der Waals surface area contributed by atoms with Gasteiger partial charge in [-0.2, -0.15) is 0 Å². The van der Waals surface area contributed by atoms with E-state index in [1.165, 1.54) is 0 Å². The lowest BCUT2D eigenvalue weighted by atomic mass is 9.70. The molecule has 0 saturated heterocycles. The van der Waals surface area contributed by atoms with Gasteiger partial charge in [0.2, 0.25) is 0 Å². The van der Waals surface area contributed by atoms with Gasteiger partial charge in [-0.3, -0.25) is 0 Å². The minimum Gasteiger partial charge on any atom is -0.508 e. The highest BCUT2D eigenvalue weighted by Crippen LogP contribution is 2.53. The van der Waals surface area contributed by atoms with Crippen molar-refractivity contribution in [1.29, 1.82) is 0 Å². The Hall–Kier alpha value is -3.66. The van der Waals surface area contributed by atoms with E-state index in [1.54, 1.807) is 26.4 Å². The van der Waals surface area contributed by atoms with E-state index in [-0.39, 0.29) is 23.3 Å². The first-order valence-electron chi connectivity index (χ1n) is 10.4. The van der Waals surface area contributed by atoms with Gasteiger partial charge in [0.05, 0.1) is 14.2 Å². The van der Waals surface area contributed by atoms with E-state index in [0.717, 1.165) is 50.9 Å². The maximum atomic E-state index is 10.9. The summed E-state index contributed by atoms with van der Waals surface area (Å²) >= 11 is 0. The minimum atomic E-state index is -0.0176. The Bertz CT molecular complexity index is 1150. The molecule has 0 fully saturated rings. The van der Waals surface area contributed by atoms with Crippen LogP contribution in [0.1, 0.15) is 40.5 Å². The normalized spacial score (nSPS) is 17.5. The van der Waals surface area contributed by atoms with Gasteiger partial charge in [0.15, 0.2) is 0 Å². The Morgan fingerprint density at radius 3 is 1.42 bits per heavy atom. The van der Waals surface area contributed by atoms with E-state index >= 15 is 0 Å². The predicted octanol–water partition coefficient (Wildman–Crippen LogP) is 5.94. The quantitative estimate of drug-likeness (QED) is 0.436. The molecule has 0 aromatic heterocycles. The average molecular weight is 412 g/mol. The first kappa shape index (κ1) is 19.3. The van der Waals surface area contributed by atoms with E-state index in [2.05, 4.69) is 24.3 Å². The number of phenolic OH excluding ortho intramolecular Hbond substituents is 2. The molecule has 4 aromatic rings. The summed E-state index contributed by atoms with van der Waals surface area (Å²) in [6.07, 6.45) is 0.732. The fraction of sp³-hybridized carbons (Fsp3) is 0.185. The molecule has 31 heavy (non-hydrogen) atoms. The summed E-state index contributed by atoms with van der Waals surface area (Å²) < 4.78 is 10.7. The van der Waals surface area contributed by atoms with Crippen molar-refractivity contribution in [3.8, 4) is 23.0 Å². The molecule has 0 heterocycles. The van der Waals surface area contributed by atoms with Crippen molar-refractivity contribution >= 4 is 10.8 Å². The molecule has 0 bridgehead atoms. The maximum Gasteiger partial charge on any atom is 0.120 e. The van der Waals surface area contributed by atoms with Crippen molar-refractivity contribution in [3.63, 3.8) is 0 Å². The molecule has 0 aliphatic heterocycles. The van der Waals surface area contributed by atoms with E-state index in [9.17, 15) is 10.2 Å². The first-order valence-corrected chi connectivity index (χ1v) is 10.4. The van der Waals surface area contributed by atoms with Gasteiger partial charge in [-0.15, -0.1) is 0 Å². The predicted molar refractivity (Wildman–Crippen MR) is 122 cm³/mol. The van der Waals surface area contributed by atoms with Crippen LogP contribution in [0.15, 0.2) is 72.8 Å². The molecule has 0 spiro atoms. The minimum absolute atomic E-state index is 0.0176. The smallest absolute Gasteiger partial charge is 0.120 e. The van der Waals surface area contributed by atoms with E-state index in [4.69, 9.17) is 9.47 Å². The summed E-state index contributed by atoms with van der Waals surface area (Å²) in [7, 11) is 3.31. The summed E-state index contributed by atoms with van der Waals surface area (Å²) in [5.41, 5.74) is 3.96. The van der Waals surface area contributed by atoms with Crippen LogP contribution in [0.3, 0.4) is 0 Å². The number of hydrogen-bond donors (Lipinski definition) is 2. The monoisotopic (exact) mass is 412 g/mol. The molecule has 5 rings (SSSR count). The molecule has 2 N–H and O–H groups in total. The number of benzene rings is 4. The number of hydrogen-bond acceptors (Lipinski definition) is 4. The van der Waals surface area contributed by atoms with Crippen molar-refractivity contribution in [3.05, 3.63) is 95.1 Å². The van der Waals surface area contributed by atoms with Crippen molar-refractivity contribution in [2.75, 3.05) is 14.2 Å². The molecule has 0 saturated carbocycles. The summed E-state index contributed by atoms with van der Waals surface area (Å²) in [5.74, 6) is 2.08. The number of aromatic hydroxyl groups is 2. The topological polar surface area (TPSA) is 58.9 Å². The molecule has 0 amide bonds. The highest BCUT2D eigenvalue weighted by atomic mass is 16.5. The second-order valence-corrected chi connectivity index (χ2v) is 7.98. The van der Waals surface area contributed by atoms with Crippen LogP contribution in [-0.4, -0.2) is 24.4 Å². The van der Waals surface area contributed by atoms with Crippen molar-refractivity contribution in [2.24, 2.45) is 0 Å². The van der Waals surface area contributed by atoms with Crippen LogP contribution in [-0.2, 0) is 0 Å². The second-order valence-electron chi connectivity index (χ2n) is 7.98. The molecular formula is C27H24O4. The zero-order chi connectivity index (χ0) is 21.5. The fourth-order valence-corrected chi connectivity index (χ4v) is 4.91. The van der Waals surface area contributed by atoms with Crippen LogP contribution >= 0.6 is 0 Å². The van der Waals surface area contributed by atoms with Gasteiger partial charge in [0.1, 0.15) is 23.0 Å². The number of rotatable bonds is 4. The standard InChI is InChI=1S/C27H24O4/c1-30-19-9-3-16(4-10-19)21-15-22(17-5-11-20(31-2)12-6-17)27-24(29)14-8-18-7-13-23(28)26(21)25(18)27/h3-14,21-22,28-29H,15H2,1-2H3. The zero-order valence-electron chi connectivity index (χ0n) is 17.5. The Morgan fingerprint density at radius 1 is 0.613 bits per heavy atom. The van der Waals surface area contributed by atoms with Gasteiger partial charge in [-0.1, -0.05) is 36.4 Å². The third-order valence-electron chi connectivity index (χ3n) is 6.43. The molecule has 2 unspecified atom stereocenters. The molecule has 4 heteroatoms. The lowest BCUT2D eigenvalue weighted by Crippen LogP contribution is -2.16. The fourth-order valence-electron chi connectivity index (χ4n) is 4.91. The van der Waals surface area contributed by atoms with Crippen molar-refractivity contribution < 1.29 is 19.7 Å². The van der Waals surface area contributed by atoms with E-state index < -0.39 is 0 Å². The van der Waals surface area contributed by atoms with Crippen LogP contribution in [0.25, 0.3) is 10.8 Å². The van der Waals surface area contributed by atoms with Gasteiger partial charge in [-0.05, 0) is 64.7 Å². The zero-order valence-corrected chi connectivity index (χ0v) is 17.5. The summed E-state index contributed by atoms with van der Waals surface area (Å²) in [6.45, 7) is 0. The largest absolute Gasteiger partial charge is 0.508 e.